The van der Waals surface area contributed by atoms with E-state index in [2.05, 4.69) is 24.2 Å². The topological polar surface area (TPSA) is 39.3 Å². The molecule has 0 spiro atoms. The molecule has 0 aliphatic carbocycles. The molecule has 114 valence electrons. The number of nitrogens with zero attached hydrogens (tertiary/aromatic N) is 3. The van der Waals surface area contributed by atoms with Gasteiger partial charge in [-0.25, -0.2) is 4.52 Å². The average molecular weight is 321 g/mol. The van der Waals surface area contributed by atoms with Crippen LogP contribution in [0.15, 0.2) is 65.0 Å². The fraction of sp³-hybridized carbons (Fsp3) is 0.111. The number of benzene rings is 1. The predicted octanol–water partition coefficient (Wildman–Crippen LogP) is 3.58. The molecule has 0 radical (unpaired) electrons. The van der Waals surface area contributed by atoms with Crippen LogP contribution in [0.3, 0.4) is 0 Å². The molecule has 4 rings (SSSR count). The molecule has 0 N–H and O–H groups in total. The number of hydrogen-bond acceptors (Lipinski definition) is 3. The lowest BCUT2D eigenvalue weighted by Gasteiger charge is -2.06. The van der Waals surface area contributed by atoms with Gasteiger partial charge in [0.2, 0.25) is 0 Å². The van der Waals surface area contributed by atoms with Crippen LogP contribution < -0.4 is 5.56 Å². The van der Waals surface area contributed by atoms with E-state index in [-0.39, 0.29) is 5.56 Å². The first-order chi connectivity index (χ1) is 11.2. The summed E-state index contributed by atoms with van der Waals surface area (Å²) < 4.78 is 3.38. The first-order valence-corrected chi connectivity index (χ1v) is 8.27. The molecule has 0 unspecified atom stereocenters. The van der Waals surface area contributed by atoms with Crippen LogP contribution in [-0.2, 0) is 6.54 Å². The van der Waals surface area contributed by atoms with Crippen LogP contribution in [-0.4, -0.2) is 14.2 Å². The van der Waals surface area contributed by atoms with Crippen molar-refractivity contribution in [1.82, 2.24) is 14.2 Å². The quantitative estimate of drug-likeness (QED) is 0.578. The molecule has 0 bridgehead atoms. The Hall–Kier alpha value is -2.66. The lowest BCUT2D eigenvalue weighted by Crippen LogP contribution is -2.21. The molecule has 0 aliphatic heterocycles. The molecule has 0 amide bonds. The highest BCUT2D eigenvalue weighted by atomic mass is 32.1. The van der Waals surface area contributed by atoms with E-state index in [0.29, 0.717) is 12.1 Å². The van der Waals surface area contributed by atoms with E-state index in [4.69, 9.17) is 0 Å². The van der Waals surface area contributed by atoms with Crippen LogP contribution in [0.1, 0.15) is 11.1 Å². The maximum atomic E-state index is 12.7. The Labute approximate surface area is 137 Å². The average Bonchev–Trinajstić information content (AvgIpc) is 3.19. The van der Waals surface area contributed by atoms with E-state index < -0.39 is 0 Å². The molecule has 3 heterocycles. The molecule has 0 aliphatic rings. The highest BCUT2D eigenvalue weighted by Gasteiger charge is 2.10. The SMILES string of the molecule is Cc1cccc(Cn2ccn3nc(-c4cccs4)cc3c2=O)c1. The van der Waals surface area contributed by atoms with Crippen molar-refractivity contribution in [3.63, 3.8) is 0 Å². The number of aryl methyl sites for hydroxylation is 1. The molecule has 1 aromatic carbocycles. The van der Waals surface area contributed by atoms with Gasteiger partial charge in [-0.1, -0.05) is 35.9 Å². The van der Waals surface area contributed by atoms with Crippen LogP contribution in [0.4, 0.5) is 0 Å². The summed E-state index contributed by atoms with van der Waals surface area (Å²) in [5.74, 6) is 0. The van der Waals surface area contributed by atoms with Crippen molar-refractivity contribution in [2.75, 3.05) is 0 Å². The van der Waals surface area contributed by atoms with Gasteiger partial charge in [0.25, 0.3) is 5.56 Å². The zero-order valence-electron chi connectivity index (χ0n) is 12.6. The van der Waals surface area contributed by atoms with Crippen molar-refractivity contribution in [2.24, 2.45) is 0 Å². The van der Waals surface area contributed by atoms with Crippen molar-refractivity contribution in [3.8, 4) is 10.6 Å². The molecule has 0 saturated carbocycles. The van der Waals surface area contributed by atoms with Crippen molar-refractivity contribution >= 4 is 16.9 Å². The van der Waals surface area contributed by atoms with Crippen molar-refractivity contribution < 1.29 is 0 Å². The van der Waals surface area contributed by atoms with Crippen molar-refractivity contribution in [2.45, 2.75) is 13.5 Å². The lowest BCUT2D eigenvalue weighted by molar-refractivity contribution is 0.743. The minimum absolute atomic E-state index is 0.0238. The highest BCUT2D eigenvalue weighted by Crippen LogP contribution is 2.23. The Kier molecular flexibility index (Phi) is 3.35. The Morgan fingerprint density at radius 1 is 1.13 bits per heavy atom. The van der Waals surface area contributed by atoms with E-state index in [1.54, 1.807) is 26.6 Å². The van der Waals surface area contributed by atoms with E-state index in [0.717, 1.165) is 16.1 Å². The van der Waals surface area contributed by atoms with E-state index in [9.17, 15) is 4.79 Å². The Bertz CT molecular complexity index is 1030. The largest absolute Gasteiger partial charge is 0.308 e. The maximum Gasteiger partial charge on any atom is 0.276 e. The van der Waals surface area contributed by atoms with Gasteiger partial charge in [0.05, 0.1) is 11.4 Å². The molecular weight excluding hydrogens is 306 g/mol. The van der Waals surface area contributed by atoms with Gasteiger partial charge in [-0.15, -0.1) is 11.3 Å². The minimum atomic E-state index is -0.0238. The second-order valence-electron chi connectivity index (χ2n) is 5.56. The van der Waals surface area contributed by atoms with Gasteiger partial charge in [-0.3, -0.25) is 4.79 Å². The van der Waals surface area contributed by atoms with Crippen LogP contribution >= 0.6 is 11.3 Å². The smallest absolute Gasteiger partial charge is 0.276 e. The third-order valence-electron chi connectivity index (χ3n) is 3.81. The summed E-state index contributed by atoms with van der Waals surface area (Å²) in [5, 5.41) is 6.50. The first-order valence-electron chi connectivity index (χ1n) is 7.39. The fourth-order valence-electron chi connectivity index (χ4n) is 2.70. The third kappa shape index (κ3) is 2.59. The summed E-state index contributed by atoms with van der Waals surface area (Å²) in [6.45, 7) is 2.62. The molecule has 4 nitrogen and oxygen atoms in total. The Morgan fingerprint density at radius 3 is 2.83 bits per heavy atom. The third-order valence-corrected chi connectivity index (χ3v) is 4.70. The lowest BCUT2D eigenvalue weighted by atomic mass is 10.1. The normalized spacial score (nSPS) is 11.2. The summed E-state index contributed by atoms with van der Waals surface area (Å²) in [4.78, 5) is 13.8. The number of fused-ring (bicyclic) bond motifs is 1. The second kappa shape index (κ2) is 5.52. The van der Waals surface area contributed by atoms with Gasteiger partial charge in [-0.2, -0.15) is 5.10 Å². The summed E-state index contributed by atoms with van der Waals surface area (Å²) in [6, 6.07) is 14.1. The minimum Gasteiger partial charge on any atom is -0.308 e. The molecule has 0 atom stereocenters. The Morgan fingerprint density at radius 2 is 2.04 bits per heavy atom. The Balaban J connectivity index is 1.77. The van der Waals surface area contributed by atoms with Gasteiger partial charge < -0.3 is 4.57 Å². The van der Waals surface area contributed by atoms with Crippen molar-refractivity contribution in [1.29, 1.82) is 0 Å². The molecule has 0 fully saturated rings. The molecular formula is C18H15N3OS. The summed E-state index contributed by atoms with van der Waals surface area (Å²) >= 11 is 1.62. The van der Waals surface area contributed by atoms with Crippen LogP contribution in [0.25, 0.3) is 16.1 Å². The fourth-order valence-corrected chi connectivity index (χ4v) is 3.38. The zero-order valence-corrected chi connectivity index (χ0v) is 13.5. The van der Waals surface area contributed by atoms with E-state index >= 15 is 0 Å². The first kappa shape index (κ1) is 14.0. The zero-order chi connectivity index (χ0) is 15.8. The van der Waals surface area contributed by atoms with Crippen LogP contribution in [0.2, 0.25) is 0 Å². The maximum absolute atomic E-state index is 12.7. The highest BCUT2D eigenvalue weighted by molar-refractivity contribution is 7.13. The van der Waals surface area contributed by atoms with Gasteiger partial charge in [0.1, 0.15) is 11.2 Å². The molecule has 5 heteroatoms. The number of thiophene rings is 1. The number of hydrogen-bond donors (Lipinski definition) is 0. The van der Waals surface area contributed by atoms with E-state index in [1.807, 2.05) is 41.9 Å². The standard InChI is InChI=1S/C18H15N3OS/c1-13-4-2-5-14(10-13)12-20-7-8-21-16(18(20)22)11-15(19-21)17-6-3-9-23-17/h2-11H,12H2,1H3. The summed E-state index contributed by atoms with van der Waals surface area (Å²) in [7, 11) is 0. The van der Waals surface area contributed by atoms with Gasteiger partial charge in [0, 0.05) is 12.4 Å². The van der Waals surface area contributed by atoms with E-state index in [1.165, 1.54) is 5.56 Å². The van der Waals surface area contributed by atoms with Crippen molar-refractivity contribution in [3.05, 3.63) is 81.7 Å². The monoisotopic (exact) mass is 321 g/mol. The summed E-state index contributed by atoms with van der Waals surface area (Å²) in [6.07, 6.45) is 3.63. The van der Waals surface area contributed by atoms with Gasteiger partial charge >= 0.3 is 0 Å². The molecule has 23 heavy (non-hydrogen) atoms. The number of rotatable bonds is 3. The second-order valence-corrected chi connectivity index (χ2v) is 6.50. The predicted molar refractivity (Wildman–Crippen MR) is 93.0 cm³/mol. The molecule has 0 saturated heterocycles. The number of aromatic nitrogens is 3. The van der Waals surface area contributed by atoms with Crippen LogP contribution in [0.5, 0.6) is 0 Å². The van der Waals surface area contributed by atoms with Crippen LogP contribution in [0, 0.1) is 6.92 Å². The molecule has 4 aromatic rings. The van der Waals surface area contributed by atoms with Gasteiger partial charge in [0.15, 0.2) is 0 Å². The van der Waals surface area contributed by atoms with Gasteiger partial charge in [-0.05, 0) is 30.0 Å². The molecule has 3 aromatic heterocycles. The summed E-state index contributed by atoms with van der Waals surface area (Å²) in [5.41, 5.74) is 3.73.